The number of anilines is 1. The van der Waals surface area contributed by atoms with Crippen molar-refractivity contribution in [1.82, 2.24) is 10.2 Å². The maximum atomic E-state index is 12.5. The summed E-state index contributed by atoms with van der Waals surface area (Å²) in [5.74, 6) is -4.32. The summed E-state index contributed by atoms with van der Waals surface area (Å²) in [6.07, 6.45) is -3.57. The summed E-state index contributed by atoms with van der Waals surface area (Å²) in [6.45, 7) is 0. The highest BCUT2D eigenvalue weighted by atomic mass is 16.2. The van der Waals surface area contributed by atoms with Crippen LogP contribution in [0.1, 0.15) is 37.6 Å². The monoisotopic (exact) mass is 276 g/mol. The van der Waals surface area contributed by atoms with Crippen molar-refractivity contribution in [1.29, 1.82) is 0 Å². The molecule has 0 aliphatic carbocycles. The number of carbonyl (C=O) groups is 4. The second-order valence-electron chi connectivity index (χ2n) is 4.29. The van der Waals surface area contributed by atoms with Crippen molar-refractivity contribution in [2.75, 3.05) is 5.73 Å². The fourth-order valence-corrected chi connectivity index (χ4v) is 2.17. The summed E-state index contributed by atoms with van der Waals surface area (Å²) in [6, 6.07) is 1.21. The molecule has 7 nitrogen and oxygen atoms in total. The number of hydrogen-bond donors (Lipinski definition) is 2. The molecule has 1 aromatic rings. The van der Waals surface area contributed by atoms with E-state index >= 15 is 0 Å². The van der Waals surface area contributed by atoms with Gasteiger partial charge in [-0.05, 0) is 18.5 Å². The zero-order valence-corrected chi connectivity index (χ0v) is 10.1. The molecule has 1 aromatic carbocycles. The number of piperidine rings is 1. The fourth-order valence-electron chi connectivity index (χ4n) is 2.17. The number of nitrogens with one attached hydrogen (secondary N) is 1. The Kier molecular flexibility index (Phi) is 1.92. The Morgan fingerprint density at radius 2 is 2.05 bits per heavy atom. The Hall–Kier alpha value is -2.70. The van der Waals surface area contributed by atoms with Gasteiger partial charge in [0.25, 0.3) is 11.8 Å². The molecule has 7 heteroatoms. The summed E-state index contributed by atoms with van der Waals surface area (Å²) < 4.78 is 24.0. The number of benzene rings is 1. The van der Waals surface area contributed by atoms with Gasteiger partial charge in [0.15, 0.2) is 0 Å². The van der Waals surface area contributed by atoms with Crippen molar-refractivity contribution < 1.29 is 23.3 Å². The van der Waals surface area contributed by atoms with Gasteiger partial charge in [0.05, 0.1) is 12.5 Å². The first-order valence-electron chi connectivity index (χ1n) is 7.23. The topological polar surface area (TPSA) is 110 Å². The van der Waals surface area contributed by atoms with Crippen LogP contribution in [0.5, 0.6) is 0 Å². The molecule has 0 spiro atoms. The van der Waals surface area contributed by atoms with Gasteiger partial charge in [0.2, 0.25) is 11.8 Å². The van der Waals surface area contributed by atoms with E-state index in [0.717, 1.165) is 0 Å². The second kappa shape index (κ2) is 4.16. The molecule has 4 amide bonds. The van der Waals surface area contributed by atoms with E-state index in [1.807, 2.05) is 0 Å². The average Bonchev–Trinajstić information content (AvgIpc) is 2.69. The van der Waals surface area contributed by atoms with Crippen LogP contribution in [0.4, 0.5) is 5.69 Å². The molecule has 0 saturated carbocycles. The molecule has 0 aromatic heterocycles. The highest BCUT2D eigenvalue weighted by Gasteiger charge is 2.45. The van der Waals surface area contributed by atoms with Crippen LogP contribution in [0, 0.1) is 0 Å². The molecule has 2 aliphatic rings. The second-order valence-corrected chi connectivity index (χ2v) is 4.29. The number of amides is 4. The summed E-state index contributed by atoms with van der Waals surface area (Å²) in [7, 11) is 0. The molecular formula is C13H11N3O4. The van der Waals surface area contributed by atoms with Crippen molar-refractivity contribution >= 4 is 29.3 Å². The third kappa shape index (κ3) is 1.59. The van der Waals surface area contributed by atoms with Crippen LogP contribution < -0.4 is 11.1 Å². The lowest BCUT2D eigenvalue weighted by Gasteiger charge is -2.27. The predicted octanol–water partition coefficient (Wildman–Crippen LogP) is -0.330. The molecule has 1 atom stereocenters. The molecule has 0 radical (unpaired) electrons. The van der Waals surface area contributed by atoms with E-state index in [2.05, 4.69) is 0 Å². The number of nitrogens with zero attached hydrogens (tertiary/aromatic N) is 1. The van der Waals surface area contributed by atoms with Crippen molar-refractivity contribution in [3.8, 4) is 0 Å². The minimum atomic E-state index is -2.90. The Morgan fingerprint density at radius 1 is 1.30 bits per heavy atom. The van der Waals surface area contributed by atoms with Gasteiger partial charge in [-0.15, -0.1) is 0 Å². The molecule has 3 rings (SSSR count). The Balaban J connectivity index is 2.18. The van der Waals surface area contributed by atoms with Gasteiger partial charge >= 0.3 is 0 Å². The van der Waals surface area contributed by atoms with Crippen molar-refractivity contribution in [3.63, 3.8) is 0 Å². The van der Waals surface area contributed by atoms with Crippen molar-refractivity contribution in [3.05, 3.63) is 29.3 Å². The van der Waals surface area contributed by atoms with Crippen LogP contribution >= 0.6 is 0 Å². The van der Waals surface area contributed by atoms with Gasteiger partial charge in [-0.3, -0.25) is 29.4 Å². The largest absolute Gasteiger partial charge is 0.398 e. The molecule has 2 aliphatic heterocycles. The molecule has 1 fully saturated rings. The lowest BCUT2D eigenvalue weighted by Crippen LogP contribution is -2.54. The molecular weight excluding hydrogens is 262 g/mol. The number of nitrogen functional groups attached to an aromatic ring is 1. The molecule has 1 saturated heterocycles. The number of imide groups is 2. The Bertz CT molecular complexity index is 795. The Labute approximate surface area is 117 Å². The van der Waals surface area contributed by atoms with Crippen LogP contribution in [0.25, 0.3) is 0 Å². The third-order valence-electron chi connectivity index (χ3n) is 3.06. The molecule has 0 bridgehead atoms. The normalized spacial score (nSPS) is 30.4. The summed E-state index contributed by atoms with van der Waals surface area (Å²) in [5, 5.41) is 1.80. The van der Waals surface area contributed by atoms with E-state index in [9.17, 15) is 19.2 Å². The van der Waals surface area contributed by atoms with Crippen molar-refractivity contribution in [2.24, 2.45) is 0 Å². The van der Waals surface area contributed by atoms with Gasteiger partial charge in [-0.1, -0.05) is 6.07 Å². The van der Waals surface area contributed by atoms with Crippen LogP contribution in [-0.4, -0.2) is 34.5 Å². The number of rotatable bonds is 1. The van der Waals surface area contributed by atoms with E-state index in [-0.39, 0.29) is 21.7 Å². The van der Waals surface area contributed by atoms with E-state index in [1.54, 1.807) is 5.32 Å². The number of nitrogens with two attached hydrogens (primary N) is 1. The standard InChI is InChI=1S/C13H11N3O4/c14-7-3-1-2-6-10(7)13(20)16(12(6)19)8-4-5-9(17)15-11(8)18/h1-3,8H,4-5,14H2,(H,15,17,18)/t8-/m1/s1/i4D2,8D. The fraction of sp³-hybridized carbons (Fsp3) is 0.231. The number of hydrogen-bond acceptors (Lipinski definition) is 5. The highest BCUT2D eigenvalue weighted by Crippen LogP contribution is 2.30. The van der Waals surface area contributed by atoms with Crippen LogP contribution in [0.2, 0.25) is 0 Å². The summed E-state index contributed by atoms with van der Waals surface area (Å²) >= 11 is 0. The van der Waals surface area contributed by atoms with Gasteiger partial charge in [-0.25, -0.2) is 0 Å². The van der Waals surface area contributed by atoms with Gasteiger partial charge < -0.3 is 5.73 Å². The van der Waals surface area contributed by atoms with Gasteiger partial charge in [0.1, 0.15) is 6.02 Å². The first kappa shape index (κ1) is 9.24. The molecule has 2 heterocycles. The number of carbonyl (C=O) groups excluding carboxylic acids is 4. The van der Waals surface area contributed by atoms with Gasteiger partial charge in [-0.2, -0.15) is 0 Å². The van der Waals surface area contributed by atoms with Crippen molar-refractivity contribution in [2.45, 2.75) is 18.8 Å². The minimum Gasteiger partial charge on any atom is -0.398 e. The molecule has 20 heavy (non-hydrogen) atoms. The van der Waals surface area contributed by atoms with Crippen LogP contribution in [-0.2, 0) is 9.59 Å². The Morgan fingerprint density at radius 3 is 2.70 bits per heavy atom. The zero-order chi connectivity index (χ0) is 17.2. The summed E-state index contributed by atoms with van der Waals surface area (Å²) in [4.78, 5) is 48.7. The number of fused-ring (bicyclic) bond motifs is 1. The SMILES string of the molecule is [2H]C1([2H])CC(=O)NC(=O)[C@]1([2H])N1C(=O)c2cccc(N)c2C1=O. The first-order valence-corrected chi connectivity index (χ1v) is 5.73. The minimum absolute atomic E-state index is 0.0141. The predicted molar refractivity (Wildman–Crippen MR) is 67.5 cm³/mol. The van der Waals surface area contributed by atoms with Crippen LogP contribution in [0.3, 0.4) is 0 Å². The summed E-state index contributed by atoms with van der Waals surface area (Å²) in [5.41, 5.74) is 5.37. The molecule has 3 N–H and O–H groups in total. The highest BCUT2D eigenvalue weighted by molar-refractivity contribution is 6.25. The zero-order valence-electron chi connectivity index (χ0n) is 13.1. The van der Waals surface area contributed by atoms with Gasteiger partial charge in [0, 0.05) is 14.8 Å². The maximum absolute atomic E-state index is 12.5. The quantitative estimate of drug-likeness (QED) is 0.539. The van der Waals surface area contributed by atoms with E-state index in [1.165, 1.54) is 18.2 Å². The maximum Gasteiger partial charge on any atom is 0.264 e. The van der Waals surface area contributed by atoms with E-state index in [0.29, 0.717) is 0 Å². The average molecular weight is 276 g/mol. The molecule has 0 unspecified atom stereocenters. The van der Waals surface area contributed by atoms with E-state index < -0.39 is 42.4 Å². The molecule has 102 valence electrons. The first-order chi connectivity index (χ1) is 10.6. The lowest BCUT2D eigenvalue weighted by atomic mass is 10.0. The van der Waals surface area contributed by atoms with Crippen LogP contribution in [0.15, 0.2) is 18.2 Å². The lowest BCUT2D eigenvalue weighted by molar-refractivity contribution is -0.136. The third-order valence-corrected chi connectivity index (χ3v) is 3.06. The van der Waals surface area contributed by atoms with E-state index in [4.69, 9.17) is 9.85 Å². The smallest absolute Gasteiger partial charge is 0.264 e.